The van der Waals surface area contributed by atoms with Crippen LogP contribution in [0.15, 0.2) is 114 Å². The molecule has 17 heteroatoms. The Morgan fingerprint density at radius 2 is 0.554 bits per heavy atom. The average Bonchev–Trinajstić information content (AvgIpc) is 4.02. The fourth-order valence-electron chi connectivity index (χ4n) is 6.62. The number of carboxylic acids is 4. The summed E-state index contributed by atoms with van der Waals surface area (Å²) >= 11 is 0. The topological polar surface area (TPSA) is 223 Å². The molecule has 0 spiro atoms. The number of likely N-dealkylation sites (N-methyl/N-ethyl adjacent to an activating group) is 4. The Morgan fingerprint density at radius 3 is 0.646 bits per heavy atom. The van der Waals surface area contributed by atoms with E-state index in [1.165, 1.54) is 0 Å². The maximum atomic E-state index is 11.0. The Morgan fingerprint density at radius 1 is 0.400 bits per heavy atom. The maximum absolute atomic E-state index is 11.0. The predicted molar refractivity (Wildman–Crippen MR) is 247 cm³/mol. The van der Waals surface area contributed by atoms with Crippen molar-refractivity contribution in [3.05, 3.63) is 93.7 Å². The summed E-state index contributed by atoms with van der Waals surface area (Å²) in [5, 5.41) is 44.1. The normalized spacial score (nSPS) is 15.9. The van der Waals surface area contributed by atoms with Gasteiger partial charge in [0.15, 0.2) is 23.3 Å². The Balaban J connectivity index is 0.000000836. The summed E-state index contributed by atoms with van der Waals surface area (Å²) in [6.45, 7) is 22.5. The van der Waals surface area contributed by atoms with Crippen LogP contribution in [-0.4, -0.2) is 119 Å². The van der Waals surface area contributed by atoms with Crippen LogP contribution in [0.5, 0.6) is 0 Å². The van der Waals surface area contributed by atoms with Crippen molar-refractivity contribution in [3.8, 4) is 0 Å². The van der Waals surface area contributed by atoms with Crippen molar-refractivity contribution in [2.75, 3.05) is 28.2 Å². The van der Waals surface area contributed by atoms with Gasteiger partial charge in [-0.25, -0.2) is 0 Å². The van der Waals surface area contributed by atoms with E-state index >= 15 is 0 Å². The Hall–Kier alpha value is -5.70. The molecule has 4 rings (SSSR count). The molecule has 0 unspecified atom stereocenters. The first-order valence-corrected chi connectivity index (χ1v) is 21.3. The molecule has 0 amide bonds. The van der Waals surface area contributed by atoms with Gasteiger partial charge in [-0.05, 0) is 105 Å². The molecule has 0 atom stereocenters. The van der Waals surface area contributed by atoms with Crippen LogP contribution in [0.2, 0.25) is 0 Å². The Kier molecular flexibility index (Phi) is 25.8. The summed E-state index contributed by atoms with van der Waals surface area (Å²) in [6, 6.07) is -0.257. The minimum absolute atomic E-state index is 0. The van der Waals surface area contributed by atoms with Crippen LogP contribution < -0.4 is 20.4 Å². The standard InChI is InChI=1S/4C12H18N2O2.Ru/c4*1-8(2)13-11(12(15)16)14(4)10-7-5-6-9(10)3;/h4*5-6,8H,7H2,1-4H3,(H,15,16);/q;;;;+4/p-4. The van der Waals surface area contributed by atoms with Gasteiger partial charge < -0.3 is 59.2 Å². The van der Waals surface area contributed by atoms with Gasteiger partial charge in [-0.3, -0.25) is 20.0 Å². The number of aliphatic carboxylic acids is 4. The monoisotopic (exact) mass is 986 g/mol. The van der Waals surface area contributed by atoms with Crippen LogP contribution in [-0.2, 0) is 38.7 Å². The van der Waals surface area contributed by atoms with Gasteiger partial charge in [-0.15, -0.1) is 0 Å². The number of carbonyl (C=O) groups excluding carboxylic acids is 4. The largest absolute Gasteiger partial charge is 4.00 e. The SMILES string of the molecule is CC1=C(N(C)C(=NC(C)C)C(=O)[O-])CC=C1.CC1=C(N(C)C(=NC(C)C)C(=O)[O-])CC=C1.CC1=C(N(C)C(=NC(C)C)C(=O)[O-])CC=C1.CC1=C(N(C)C(=NC(C)C)C(=O)[O-])CC=C1.[Ru+4]. The van der Waals surface area contributed by atoms with Crippen LogP contribution in [0.4, 0.5) is 0 Å². The number of aliphatic imine (C=N–C) groups is 4. The van der Waals surface area contributed by atoms with Gasteiger partial charge in [0, 0.05) is 101 Å². The van der Waals surface area contributed by atoms with Crippen molar-refractivity contribution < 1.29 is 59.1 Å². The fraction of sp³-hybridized carbons (Fsp3) is 0.500. The predicted octanol–water partition coefficient (Wildman–Crippen LogP) is 2.83. The third-order valence-electron chi connectivity index (χ3n) is 9.68. The van der Waals surface area contributed by atoms with Crippen LogP contribution in [0, 0.1) is 0 Å². The van der Waals surface area contributed by atoms with Gasteiger partial charge in [0.1, 0.15) is 23.9 Å². The van der Waals surface area contributed by atoms with Gasteiger partial charge in [-0.1, -0.05) is 48.6 Å². The van der Waals surface area contributed by atoms with Crippen molar-refractivity contribution in [2.24, 2.45) is 20.0 Å². The van der Waals surface area contributed by atoms with Gasteiger partial charge in [-0.2, -0.15) is 0 Å². The molecule has 0 aromatic rings. The Labute approximate surface area is 399 Å². The molecule has 0 aromatic carbocycles. The third-order valence-corrected chi connectivity index (χ3v) is 9.68. The molecule has 4 aliphatic carbocycles. The second kappa shape index (κ2) is 28.3. The maximum Gasteiger partial charge on any atom is 4.00 e. The number of allylic oxidation sites excluding steroid dienone is 12. The van der Waals surface area contributed by atoms with Gasteiger partial charge >= 0.3 is 19.5 Å². The van der Waals surface area contributed by atoms with E-state index in [4.69, 9.17) is 0 Å². The fourth-order valence-corrected chi connectivity index (χ4v) is 6.62. The Bertz CT molecular complexity index is 1820. The summed E-state index contributed by atoms with van der Waals surface area (Å²) < 4.78 is 0. The number of amidine groups is 4. The number of rotatable bonds is 8. The van der Waals surface area contributed by atoms with E-state index in [1.807, 2.05) is 132 Å². The molecule has 4 aliphatic rings. The summed E-state index contributed by atoms with van der Waals surface area (Å²) in [6.07, 6.45) is 18.9. The van der Waals surface area contributed by atoms with Crippen LogP contribution >= 0.6 is 0 Å². The average molecular weight is 986 g/mol. The van der Waals surface area contributed by atoms with Crippen LogP contribution in [0.3, 0.4) is 0 Å². The van der Waals surface area contributed by atoms with Crippen LogP contribution in [0.1, 0.15) is 109 Å². The van der Waals surface area contributed by atoms with E-state index in [2.05, 4.69) is 20.0 Å². The number of carbonyl (C=O) groups is 4. The van der Waals surface area contributed by atoms with Crippen molar-refractivity contribution in [1.29, 1.82) is 0 Å². The minimum Gasteiger partial charge on any atom is -0.542 e. The molecule has 0 bridgehead atoms. The second-order valence-corrected chi connectivity index (χ2v) is 16.5. The quantitative estimate of drug-likeness (QED) is 0.195. The molecule has 0 heterocycles. The molecule has 0 N–H and O–H groups in total. The first kappa shape index (κ1) is 59.3. The molecule has 356 valence electrons. The molecule has 16 nitrogen and oxygen atoms in total. The number of hydrogen-bond acceptors (Lipinski definition) is 12. The van der Waals surface area contributed by atoms with E-state index in [-0.39, 0.29) is 67.0 Å². The molecule has 0 saturated carbocycles. The molecule has 0 aliphatic heterocycles. The van der Waals surface area contributed by atoms with Crippen molar-refractivity contribution in [3.63, 3.8) is 0 Å². The smallest absolute Gasteiger partial charge is 0.542 e. The van der Waals surface area contributed by atoms with Gasteiger partial charge in [0.25, 0.3) is 0 Å². The molecule has 0 saturated heterocycles. The van der Waals surface area contributed by atoms with E-state index in [1.54, 1.807) is 47.8 Å². The zero-order chi connectivity index (χ0) is 49.2. The number of hydrogen-bond donors (Lipinski definition) is 0. The molecule has 0 aromatic heterocycles. The summed E-state index contributed by atoms with van der Waals surface area (Å²) in [5.41, 5.74) is 8.13. The zero-order valence-electron chi connectivity index (χ0n) is 41.0. The molecule has 0 radical (unpaired) electrons. The van der Waals surface area contributed by atoms with Crippen molar-refractivity contribution >= 4 is 47.2 Å². The number of nitrogens with zero attached hydrogens (tertiary/aromatic N) is 8. The van der Waals surface area contributed by atoms with Gasteiger partial charge in [0.2, 0.25) is 0 Å². The van der Waals surface area contributed by atoms with E-state index < -0.39 is 23.9 Å². The van der Waals surface area contributed by atoms with Gasteiger partial charge in [0.05, 0.1) is 0 Å². The minimum atomic E-state index is -1.23. The molecule has 0 fully saturated rings. The van der Waals surface area contributed by atoms with Crippen LogP contribution in [0.25, 0.3) is 0 Å². The third kappa shape index (κ3) is 19.1. The van der Waals surface area contributed by atoms with Crippen molar-refractivity contribution in [2.45, 2.75) is 133 Å². The van der Waals surface area contributed by atoms with Crippen molar-refractivity contribution in [1.82, 2.24) is 19.6 Å². The summed E-state index contributed by atoms with van der Waals surface area (Å²) in [4.78, 5) is 66.8. The molecular weight excluding hydrogens is 918 g/mol. The first-order valence-electron chi connectivity index (χ1n) is 21.3. The summed E-state index contributed by atoms with van der Waals surface area (Å²) in [5.74, 6) is -4.96. The van der Waals surface area contributed by atoms with E-state index in [0.29, 0.717) is 0 Å². The molecule has 65 heavy (non-hydrogen) atoms. The summed E-state index contributed by atoms with van der Waals surface area (Å²) in [7, 11) is 6.84. The van der Waals surface area contributed by atoms with E-state index in [9.17, 15) is 39.6 Å². The first-order chi connectivity index (χ1) is 29.7. The zero-order valence-corrected chi connectivity index (χ0v) is 42.7. The second-order valence-electron chi connectivity index (χ2n) is 16.5. The van der Waals surface area contributed by atoms with E-state index in [0.717, 1.165) is 70.8 Å². The molecular formula is C48H68N8O8Ru. The number of carboxylic acid groups (broad SMARTS) is 4.